The Balaban J connectivity index is 1.40. The molecule has 0 atom stereocenters. The smallest absolute Gasteiger partial charge is 0.275 e. The summed E-state index contributed by atoms with van der Waals surface area (Å²) in [4.78, 5) is 53.8. The highest BCUT2D eigenvalue weighted by atomic mass is 35.5. The minimum Gasteiger partial charge on any atom is -0.495 e. The summed E-state index contributed by atoms with van der Waals surface area (Å²) in [7, 11) is 6.23. The number of aromatic nitrogens is 5. The van der Waals surface area contributed by atoms with Gasteiger partial charge in [-0.1, -0.05) is 0 Å². The highest BCUT2D eigenvalue weighted by Crippen LogP contribution is 2.30. The SMILES string of the molecule is COc1cc(C(=O)Nc2cc(C(=O)Nc3cc(C(=O)Nc4cc(C(=O)NCCC(=N)N)n(C)n4)n(C)n3)n(C)c2)ccc1N(CCCl)CCCl. The van der Waals surface area contributed by atoms with Crippen molar-refractivity contribution in [2.75, 3.05) is 59.4 Å². The molecule has 0 fully saturated rings. The lowest BCUT2D eigenvalue weighted by Gasteiger charge is -2.25. The molecule has 0 spiro atoms. The van der Waals surface area contributed by atoms with Crippen molar-refractivity contribution in [1.29, 1.82) is 5.41 Å². The number of halogens is 2. The molecule has 0 unspecified atom stereocenters. The number of carbonyl (C=O) groups excluding carboxylic acids is 4. The molecule has 0 aliphatic rings. The molecule has 0 aliphatic heterocycles. The van der Waals surface area contributed by atoms with Crippen molar-refractivity contribution in [3.63, 3.8) is 0 Å². The predicted octanol–water partition coefficient (Wildman–Crippen LogP) is 2.60. The van der Waals surface area contributed by atoms with Gasteiger partial charge in [0.25, 0.3) is 23.6 Å². The van der Waals surface area contributed by atoms with Gasteiger partial charge in [0, 0.05) is 82.9 Å². The van der Waals surface area contributed by atoms with Gasteiger partial charge >= 0.3 is 0 Å². The number of ether oxygens (including phenoxy) is 1. The van der Waals surface area contributed by atoms with E-state index >= 15 is 0 Å². The minimum absolute atomic E-state index is 0.0539. The fourth-order valence-electron chi connectivity index (χ4n) is 4.94. The quantitative estimate of drug-likeness (QED) is 0.0567. The molecule has 4 aromatic rings. The maximum atomic E-state index is 13.2. The van der Waals surface area contributed by atoms with Crippen LogP contribution in [0.5, 0.6) is 5.75 Å². The second-order valence-corrected chi connectivity index (χ2v) is 11.7. The van der Waals surface area contributed by atoms with E-state index in [0.29, 0.717) is 41.8 Å². The van der Waals surface area contributed by atoms with Gasteiger partial charge in [0.05, 0.1) is 24.3 Å². The van der Waals surface area contributed by atoms with E-state index in [4.69, 9.17) is 39.1 Å². The molecule has 19 heteroatoms. The van der Waals surface area contributed by atoms with Crippen molar-refractivity contribution >= 4 is 75.7 Å². The van der Waals surface area contributed by atoms with Gasteiger partial charge in [-0.25, -0.2) is 0 Å². The topological polar surface area (TPSA) is 219 Å². The van der Waals surface area contributed by atoms with Crippen molar-refractivity contribution in [1.82, 2.24) is 29.4 Å². The van der Waals surface area contributed by atoms with E-state index in [1.54, 1.807) is 38.5 Å². The van der Waals surface area contributed by atoms with Crippen LogP contribution in [-0.2, 0) is 21.1 Å². The lowest BCUT2D eigenvalue weighted by molar-refractivity contribution is 0.0943. The van der Waals surface area contributed by atoms with Crippen molar-refractivity contribution < 1.29 is 23.9 Å². The molecule has 4 amide bonds. The summed E-state index contributed by atoms with van der Waals surface area (Å²) in [5.41, 5.74) is 7.29. The maximum absolute atomic E-state index is 13.2. The lowest BCUT2D eigenvalue weighted by atomic mass is 10.1. The van der Waals surface area contributed by atoms with E-state index in [2.05, 4.69) is 31.5 Å². The van der Waals surface area contributed by atoms with Gasteiger partial charge in [0.15, 0.2) is 11.6 Å². The average Bonchev–Trinajstić information content (AvgIpc) is 3.75. The summed E-state index contributed by atoms with van der Waals surface area (Å²) in [6, 6.07) is 9.34. The van der Waals surface area contributed by atoms with Crippen LogP contribution in [0.2, 0.25) is 0 Å². The van der Waals surface area contributed by atoms with E-state index in [0.717, 1.165) is 5.69 Å². The number of benzene rings is 1. The zero-order valence-electron chi connectivity index (χ0n) is 27.8. The van der Waals surface area contributed by atoms with Crippen LogP contribution < -0.4 is 36.6 Å². The Labute approximate surface area is 297 Å². The number of nitrogens with two attached hydrogens (primary N) is 1. The normalized spacial score (nSPS) is 10.8. The monoisotopic (exact) mass is 728 g/mol. The van der Waals surface area contributed by atoms with Crippen LogP contribution >= 0.6 is 23.2 Å². The first-order valence-corrected chi connectivity index (χ1v) is 16.3. The molecule has 0 saturated carbocycles. The molecule has 0 radical (unpaired) electrons. The Hall–Kier alpha value is -5.55. The number of hydrogen-bond donors (Lipinski definition) is 6. The van der Waals surface area contributed by atoms with Gasteiger partial charge in [-0.2, -0.15) is 10.2 Å². The molecule has 4 rings (SSSR count). The number of amides is 4. The fraction of sp³-hybridized carbons (Fsp3) is 0.323. The Bertz CT molecular complexity index is 1890. The first-order chi connectivity index (χ1) is 23.8. The molecular formula is C31H38Cl2N12O5. The van der Waals surface area contributed by atoms with Gasteiger partial charge < -0.3 is 41.2 Å². The average molecular weight is 730 g/mol. The first-order valence-electron chi connectivity index (χ1n) is 15.2. The largest absolute Gasteiger partial charge is 0.495 e. The highest BCUT2D eigenvalue weighted by Gasteiger charge is 2.21. The summed E-state index contributed by atoms with van der Waals surface area (Å²) in [5, 5.41) is 26.3. The number of rotatable bonds is 16. The van der Waals surface area contributed by atoms with E-state index in [-0.39, 0.29) is 47.5 Å². The number of nitrogens with zero attached hydrogens (tertiary/aromatic N) is 6. The molecule has 3 heterocycles. The van der Waals surface area contributed by atoms with Gasteiger partial charge in [-0.3, -0.25) is 34.0 Å². The number of anilines is 4. The highest BCUT2D eigenvalue weighted by molar-refractivity contribution is 6.18. The number of nitrogens with one attached hydrogen (secondary N) is 5. The summed E-state index contributed by atoms with van der Waals surface area (Å²) < 4.78 is 9.66. The van der Waals surface area contributed by atoms with Gasteiger partial charge in [0.1, 0.15) is 22.8 Å². The van der Waals surface area contributed by atoms with Gasteiger partial charge in [-0.15, -0.1) is 23.2 Å². The summed E-state index contributed by atoms with van der Waals surface area (Å²) in [5.74, 6) is -0.538. The Morgan fingerprint density at radius 1 is 0.840 bits per heavy atom. The van der Waals surface area contributed by atoms with Gasteiger partial charge in [0.2, 0.25) is 0 Å². The lowest BCUT2D eigenvalue weighted by Crippen LogP contribution is -2.29. The molecule has 0 saturated heterocycles. The van der Waals surface area contributed by atoms with Crippen LogP contribution in [0.3, 0.4) is 0 Å². The third-order valence-electron chi connectivity index (χ3n) is 7.37. The third-order valence-corrected chi connectivity index (χ3v) is 7.71. The van der Waals surface area contributed by atoms with Crippen molar-refractivity contribution in [3.05, 3.63) is 65.2 Å². The zero-order valence-corrected chi connectivity index (χ0v) is 29.4. The standard InChI is InChI=1S/C31H38Cl2N12O5/c1-42-17-19(37-28(46)18-5-6-20(24(13-18)50-4)45(11-8-32)12-9-33)14-21(42)30(48)38-27-16-23(44(3)41-27)31(49)39-26-15-22(43(2)40-26)29(47)36-10-7-25(34)35/h5-6,13-17H,7-12H2,1-4H3,(H3,34,35)(H,36,47)(H,37,46)(H,38,41,48)(H,39,40,49). The van der Waals surface area contributed by atoms with Crippen molar-refractivity contribution in [3.8, 4) is 5.75 Å². The minimum atomic E-state index is -0.582. The summed E-state index contributed by atoms with van der Waals surface area (Å²) >= 11 is 11.9. The maximum Gasteiger partial charge on any atom is 0.275 e. The van der Waals surface area contributed by atoms with Crippen LogP contribution in [0.25, 0.3) is 0 Å². The van der Waals surface area contributed by atoms with E-state index in [1.807, 2.05) is 4.90 Å². The molecule has 7 N–H and O–H groups in total. The Morgan fingerprint density at radius 3 is 1.98 bits per heavy atom. The predicted molar refractivity (Wildman–Crippen MR) is 191 cm³/mol. The molecule has 266 valence electrons. The summed E-state index contributed by atoms with van der Waals surface area (Å²) in [6.45, 7) is 1.28. The molecule has 17 nitrogen and oxygen atoms in total. The molecule has 0 aliphatic carbocycles. The molecule has 1 aromatic carbocycles. The third kappa shape index (κ3) is 9.12. The van der Waals surface area contributed by atoms with Crippen LogP contribution in [-0.4, -0.2) is 92.1 Å². The first kappa shape index (κ1) is 37.3. The van der Waals surface area contributed by atoms with Gasteiger partial charge in [-0.05, 0) is 24.3 Å². The summed E-state index contributed by atoms with van der Waals surface area (Å²) in [6.07, 6.45) is 1.79. The van der Waals surface area contributed by atoms with Crippen LogP contribution in [0.4, 0.5) is 23.0 Å². The molecular weight excluding hydrogens is 691 g/mol. The fourth-order valence-corrected chi connectivity index (χ4v) is 5.35. The van der Waals surface area contributed by atoms with Crippen LogP contribution in [0, 0.1) is 5.41 Å². The zero-order chi connectivity index (χ0) is 36.5. The van der Waals surface area contributed by atoms with E-state index in [1.165, 1.54) is 46.3 Å². The number of amidine groups is 1. The number of carbonyl (C=O) groups is 4. The second-order valence-electron chi connectivity index (χ2n) is 10.9. The number of aryl methyl sites for hydroxylation is 3. The van der Waals surface area contributed by atoms with Crippen LogP contribution in [0.15, 0.2) is 42.6 Å². The van der Waals surface area contributed by atoms with Crippen molar-refractivity contribution in [2.24, 2.45) is 26.9 Å². The van der Waals surface area contributed by atoms with E-state index in [9.17, 15) is 19.2 Å². The Kier molecular flexibility index (Phi) is 12.5. The van der Waals surface area contributed by atoms with Crippen molar-refractivity contribution in [2.45, 2.75) is 6.42 Å². The number of hydrogen-bond acceptors (Lipinski definition) is 9. The van der Waals surface area contributed by atoms with E-state index < -0.39 is 23.6 Å². The molecule has 50 heavy (non-hydrogen) atoms. The number of alkyl halides is 2. The second kappa shape index (κ2) is 16.7. The Morgan fingerprint density at radius 2 is 1.42 bits per heavy atom. The molecule has 3 aromatic heterocycles. The molecule has 0 bridgehead atoms. The number of methoxy groups -OCH3 is 1. The van der Waals surface area contributed by atoms with Crippen LogP contribution in [0.1, 0.15) is 48.2 Å².